The standard InChI is InChI=1S/C17H14BrNO5S/c18-12-6-8-13(9-7-12)25(22,23)24-11-3-10-19-16(20)14-4-1-2-5-15(14)17(19)21/h1-2,4-9H,3,10-11H2. The van der Waals surface area contributed by atoms with Crippen molar-refractivity contribution in [2.45, 2.75) is 11.3 Å². The van der Waals surface area contributed by atoms with E-state index in [1.54, 1.807) is 36.4 Å². The molecule has 1 aliphatic rings. The molecule has 0 unspecified atom stereocenters. The van der Waals surface area contributed by atoms with Gasteiger partial charge in [-0.3, -0.25) is 18.7 Å². The van der Waals surface area contributed by atoms with Gasteiger partial charge in [0.15, 0.2) is 0 Å². The van der Waals surface area contributed by atoms with Crippen LogP contribution in [0.3, 0.4) is 0 Å². The van der Waals surface area contributed by atoms with Crippen LogP contribution in [0.15, 0.2) is 57.9 Å². The maximum atomic E-state index is 12.2. The molecule has 1 heterocycles. The molecule has 2 aromatic carbocycles. The van der Waals surface area contributed by atoms with Crippen LogP contribution >= 0.6 is 15.9 Å². The molecule has 8 heteroatoms. The van der Waals surface area contributed by atoms with Crippen LogP contribution in [-0.2, 0) is 14.3 Å². The smallest absolute Gasteiger partial charge is 0.274 e. The monoisotopic (exact) mass is 423 g/mol. The van der Waals surface area contributed by atoms with E-state index in [9.17, 15) is 18.0 Å². The van der Waals surface area contributed by atoms with E-state index < -0.39 is 10.1 Å². The molecule has 0 radical (unpaired) electrons. The average Bonchev–Trinajstić information content (AvgIpc) is 2.84. The second-order valence-corrected chi connectivity index (χ2v) is 7.92. The van der Waals surface area contributed by atoms with Gasteiger partial charge in [0.2, 0.25) is 0 Å². The highest BCUT2D eigenvalue weighted by Crippen LogP contribution is 2.22. The summed E-state index contributed by atoms with van der Waals surface area (Å²) in [7, 11) is -3.86. The van der Waals surface area contributed by atoms with E-state index in [1.165, 1.54) is 12.1 Å². The van der Waals surface area contributed by atoms with Crippen LogP contribution in [0, 0.1) is 0 Å². The Kier molecular flexibility index (Phi) is 5.03. The van der Waals surface area contributed by atoms with Crippen molar-refractivity contribution in [2.24, 2.45) is 0 Å². The highest BCUT2D eigenvalue weighted by molar-refractivity contribution is 9.10. The summed E-state index contributed by atoms with van der Waals surface area (Å²) >= 11 is 3.23. The minimum absolute atomic E-state index is 0.0523. The van der Waals surface area contributed by atoms with Crippen molar-refractivity contribution in [3.63, 3.8) is 0 Å². The Bertz CT molecular complexity index is 889. The number of carbonyl (C=O) groups excluding carboxylic acids is 2. The Morgan fingerprint density at radius 2 is 1.48 bits per heavy atom. The summed E-state index contributed by atoms with van der Waals surface area (Å²) in [6.07, 6.45) is 0.223. The quantitative estimate of drug-likeness (QED) is 0.405. The summed E-state index contributed by atoms with van der Waals surface area (Å²) in [6.45, 7) is -0.0198. The van der Waals surface area contributed by atoms with Gasteiger partial charge in [-0.15, -0.1) is 0 Å². The SMILES string of the molecule is O=C1c2ccccc2C(=O)N1CCCOS(=O)(=O)c1ccc(Br)cc1. The van der Waals surface area contributed by atoms with Gasteiger partial charge in [0.05, 0.1) is 22.6 Å². The zero-order chi connectivity index (χ0) is 18.0. The lowest BCUT2D eigenvalue weighted by molar-refractivity contribution is 0.0647. The third-order valence-electron chi connectivity index (χ3n) is 3.75. The van der Waals surface area contributed by atoms with Crippen LogP contribution in [0.1, 0.15) is 27.1 Å². The number of hydrogen-bond acceptors (Lipinski definition) is 5. The topological polar surface area (TPSA) is 80.8 Å². The molecule has 0 bridgehead atoms. The van der Waals surface area contributed by atoms with Gasteiger partial charge in [-0.05, 0) is 42.8 Å². The molecule has 2 amide bonds. The van der Waals surface area contributed by atoms with Crippen molar-refractivity contribution in [3.8, 4) is 0 Å². The van der Waals surface area contributed by atoms with Crippen LogP contribution in [0.25, 0.3) is 0 Å². The van der Waals surface area contributed by atoms with E-state index >= 15 is 0 Å². The van der Waals surface area contributed by atoms with Gasteiger partial charge < -0.3 is 0 Å². The lowest BCUT2D eigenvalue weighted by Gasteiger charge is -2.13. The molecule has 0 saturated carbocycles. The number of amides is 2. The zero-order valence-electron chi connectivity index (χ0n) is 13.0. The molecule has 25 heavy (non-hydrogen) atoms. The molecule has 2 aromatic rings. The van der Waals surface area contributed by atoms with Crippen molar-refractivity contribution in [2.75, 3.05) is 13.2 Å². The molecule has 0 saturated heterocycles. The Morgan fingerprint density at radius 3 is 2.04 bits per heavy atom. The first-order valence-electron chi connectivity index (χ1n) is 7.50. The minimum Gasteiger partial charge on any atom is -0.274 e. The number of benzene rings is 2. The molecule has 6 nitrogen and oxygen atoms in total. The van der Waals surface area contributed by atoms with E-state index in [0.717, 1.165) is 9.37 Å². The van der Waals surface area contributed by atoms with Crippen molar-refractivity contribution in [1.29, 1.82) is 0 Å². The molecule has 0 N–H and O–H groups in total. The first-order chi connectivity index (χ1) is 11.9. The Balaban J connectivity index is 1.57. The van der Waals surface area contributed by atoms with E-state index in [0.29, 0.717) is 11.1 Å². The number of imide groups is 1. The van der Waals surface area contributed by atoms with E-state index in [4.69, 9.17) is 4.18 Å². The Labute approximate surface area is 153 Å². The number of fused-ring (bicyclic) bond motifs is 1. The number of halogens is 1. The number of nitrogens with zero attached hydrogens (tertiary/aromatic N) is 1. The number of carbonyl (C=O) groups is 2. The highest BCUT2D eigenvalue weighted by Gasteiger charge is 2.34. The van der Waals surface area contributed by atoms with Gasteiger partial charge in [-0.1, -0.05) is 28.1 Å². The minimum atomic E-state index is -3.86. The summed E-state index contributed by atoms with van der Waals surface area (Å²) in [4.78, 5) is 25.6. The van der Waals surface area contributed by atoms with Gasteiger partial charge >= 0.3 is 0 Å². The zero-order valence-corrected chi connectivity index (χ0v) is 15.4. The second-order valence-electron chi connectivity index (χ2n) is 5.39. The fraction of sp³-hybridized carbons (Fsp3) is 0.176. The van der Waals surface area contributed by atoms with E-state index in [2.05, 4.69) is 15.9 Å². The predicted molar refractivity (Wildman–Crippen MR) is 93.7 cm³/mol. The van der Waals surface area contributed by atoms with E-state index in [1.807, 2.05) is 0 Å². The van der Waals surface area contributed by atoms with E-state index in [-0.39, 0.29) is 36.3 Å². The van der Waals surface area contributed by atoms with Crippen molar-refractivity contribution >= 4 is 37.9 Å². The van der Waals surface area contributed by atoms with Crippen LogP contribution in [0.5, 0.6) is 0 Å². The summed E-state index contributed by atoms with van der Waals surface area (Å²) in [5.74, 6) is -0.729. The third-order valence-corrected chi connectivity index (χ3v) is 5.60. The summed E-state index contributed by atoms with van der Waals surface area (Å²) < 4.78 is 29.9. The first kappa shape index (κ1) is 17.8. The molecule has 0 aliphatic carbocycles. The fourth-order valence-corrected chi connectivity index (χ4v) is 3.71. The van der Waals surface area contributed by atoms with Crippen molar-refractivity contribution in [3.05, 3.63) is 64.1 Å². The lowest BCUT2D eigenvalue weighted by atomic mass is 10.1. The molecule has 3 rings (SSSR count). The number of rotatable bonds is 6. The fourth-order valence-electron chi connectivity index (χ4n) is 2.50. The molecular formula is C17H14BrNO5S. The molecule has 0 aromatic heterocycles. The van der Waals surface area contributed by atoms with Gasteiger partial charge in [-0.2, -0.15) is 8.42 Å². The van der Waals surface area contributed by atoms with Crippen molar-refractivity contribution in [1.82, 2.24) is 4.90 Å². The van der Waals surface area contributed by atoms with Crippen molar-refractivity contribution < 1.29 is 22.2 Å². The predicted octanol–water partition coefficient (Wildman–Crippen LogP) is 2.84. The maximum Gasteiger partial charge on any atom is 0.296 e. The summed E-state index contributed by atoms with van der Waals surface area (Å²) in [6, 6.07) is 12.7. The molecule has 0 atom stereocenters. The molecule has 1 aliphatic heterocycles. The second kappa shape index (κ2) is 7.07. The molecule has 0 fully saturated rings. The lowest BCUT2D eigenvalue weighted by Crippen LogP contribution is -2.31. The van der Waals surface area contributed by atoms with Gasteiger partial charge in [-0.25, -0.2) is 0 Å². The Morgan fingerprint density at radius 1 is 0.920 bits per heavy atom. The third kappa shape index (κ3) is 3.65. The molecular weight excluding hydrogens is 410 g/mol. The maximum absolute atomic E-state index is 12.2. The molecule has 0 spiro atoms. The number of hydrogen-bond donors (Lipinski definition) is 0. The van der Waals surface area contributed by atoms with Gasteiger partial charge in [0, 0.05) is 11.0 Å². The highest BCUT2D eigenvalue weighted by atomic mass is 79.9. The largest absolute Gasteiger partial charge is 0.296 e. The van der Waals surface area contributed by atoms with Gasteiger partial charge in [0.25, 0.3) is 21.9 Å². The first-order valence-corrected chi connectivity index (χ1v) is 9.70. The Hall–Kier alpha value is -2.03. The van der Waals surface area contributed by atoms with Crippen LogP contribution in [0.2, 0.25) is 0 Å². The van der Waals surface area contributed by atoms with Crippen LogP contribution in [-0.4, -0.2) is 38.3 Å². The van der Waals surface area contributed by atoms with Gasteiger partial charge in [0.1, 0.15) is 0 Å². The average molecular weight is 424 g/mol. The van der Waals surface area contributed by atoms with Crippen LogP contribution in [0.4, 0.5) is 0 Å². The summed E-state index contributed by atoms with van der Waals surface area (Å²) in [5.41, 5.74) is 0.742. The summed E-state index contributed by atoms with van der Waals surface area (Å²) in [5, 5.41) is 0. The normalized spacial score (nSPS) is 14.0. The van der Waals surface area contributed by atoms with Crippen LogP contribution < -0.4 is 0 Å². The molecule has 130 valence electrons.